The van der Waals surface area contributed by atoms with Crippen LogP contribution in [0.25, 0.3) is 10.8 Å². The second kappa shape index (κ2) is 17.4. The zero-order valence-corrected chi connectivity index (χ0v) is 31.0. The first-order valence-electron chi connectivity index (χ1n) is 18.8. The van der Waals surface area contributed by atoms with Gasteiger partial charge >= 0.3 is 0 Å². The Balaban J connectivity index is 1.10. The van der Waals surface area contributed by atoms with E-state index in [9.17, 15) is 18.0 Å². The third-order valence-electron chi connectivity index (χ3n) is 10.3. The van der Waals surface area contributed by atoms with Crippen molar-refractivity contribution < 1.29 is 27.5 Å². The van der Waals surface area contributed by atoms with E-state index >= 15 is 0 Å². The first kappa shape index (κ1) is 37.3. The molecule has 3 N–H and O–H groups in total. The molecular weight excluding hydrogens is 703 g/mol. The molecule has 0 radical (unpaired) electrons. The van der Waals surface area contributed by atoms with Crippen LogP contribution in [-0.2, 0) is 44.1 Å². The van der Waals surface area contributed by atoms with Crippen LogP contribution < -0.4 is 15.4 Å². The first-order valence-corrected chi connectivity index (χ1v) is 20.3. The van der Waals surface area contributed by atoms with E-state index < -0.39 is 15.9 Å². The maximum absolute atomic E-state index is 14.1. The lowest BCUT2D eigenvalue weighted by Gasteiger charge is -2.32. The summed E-state index contributed by atoms with van der Waals surface area (Å²) in [6, 6.07) is 33.0. The quantitative estimate of drug-likeness (QED) is 0.114. The molecule has 2 aliphatic rings. The number of rotatable bonds is 14. The van der Waals surface area contributed by atoms with Gasteiger partial charge in [0.25, 0.3) is 15.9 Å². The van der Waals surface area contributed by atoms with Gasteiger partial charge in [-0.25, -0.2) is 13.1 Å². The van der Waals surface area contributed by atoms with E-state index in [1.165, 1.54) is 16.8 Å². The van der Waals surface area contributed by atoms with Gasteiger partial charge in [-0.2, -0.15) is 5.10 Å². The van der Waals surface area contributed by atoms with Crippen molar-refractivity contribution >= 4 is 38.4 Å². The molecule has 4 atom stereocenters. The fraction of sp³-hybridized carbons (Fsp3) is 0.357. The molecule has 54 heavy (non-hydrogen) atoms. The third-order valence-corrected chi connectivity index (χ3v) is 11.7. The van der Waals surface area contributed by atoms with E-state index in [0.29, 0.717) is 18.6 Å². The molecule has 2 aliphatic carbocycles. The molecule has 7 rings (SSSR count). The number of benzene rings is 4. The van der Waals surface area contributed by atoms with Crippen molar-refractivity contribution in [2.24, 2.45) is 0 Å². The van der Waals surface area contributed by atoms with Crippen LogP contribution in [0.1, 0.15) is 73.0 Å². The highest BCUT2D eigenvalue weighted by atomic mass is 32.2. The van der Waals surface area contributed by atoms with Crippen LogP contribution in [0.4, 0.5) is 5.82 Å². The van der Waals surface area contributed by atoms with E-state index in [1.807, 2.05) is 78.9 Å². The number of aromatic nitrogens is 2. The van der Waals surface area contributed by atoms with Gasteiger partial charge in [0.2, 0.25) is 5.91 Å². The number of hydrogen-bond donors (Lipinski definition) is 3. The van der Waals surface area contributed by atoms with Crippen LogP contribution in [0.15, 0.2) is 114 Å². The van der Waals surface area contributed by atoms with Crippen molar-refractivity contribution in [3.8, 4) is 0 Å². The van der Waals surface area contributed by atoms with Crippen LogP contribution in [-0.4, -0.2) is 54.3 Å². The van der Waals surface area contributed by atoms with Gasteiger partial charge in [-0.05, 0) is 48.3 Å². The highest BCUT2D eigenvalue weighted by Crippen LogP contribution is 2.27. The summed E-state index contributed by atoms with van der Waals surface area (Å²) in [5.74, 6) is -0.881. The fourth-order valence-electron chi connectivity index (χ4n) is 7.50. The Morgan fingerprint density at radius 2 is 1.24 bits per heavy atom. The normalized spacial score (nSPS) is 20.3. The van der Waals surface area contributed by atoms with Gasteiger partial charge in [0.15, 0.2) is 5.82 Å². The summed E-state index contributed by atoms with van der Waals surface area (Å²) >= 11 is 0. The number of sulfonamides is 1. The van der Waals surface area contributed by atoms with Crippen molar-refractivity contribution in [2.45, 2.75) is 100 Å². The molecule has 282 valence electrons. The van der Waals surface area contributed by atoms with Crippen molar-refractivity contribution in [3.05, 3.63) is 126 Å². The standard InChI is InChI=1S/C42H47N5O6S/c48-41(43-34-21-9-11-23-37(34)52-28-30-14-3-1-4-15-30)27-47-36(42(49)44-35-22-10-12-24-38(35)53-29-31-16-5-2-6-17-31)26-40(45-47)46-54(50,51)39-25-13-19-32-18-7-8-20-33(32)39/h1-8,13-20,25-26,34-35,37-38H,9-12,21-24,27-29H2,(H,43,48)(H,44,49)(H,45,46)/t34-,35-,37-,38-/m0/s1. The predicted molar refractivity (Wildman–Crippen MR) is 207 cm³/mol. The maximum atomic E-state index is 14.1. The minimum absolute atomic E-state index is 0.0636. The van der Waals surface area contributed by atoms with E-state index in [1.54, 1.807) is 18.2 Å². The largest absolute Gasteiger partial charge is 0.371 e. The monoisotopic (exact) mass is 749 g/mol. The zero-order chi connectivity index (χ0) is 37.3. The lowest BCUT2D eigenvalue weighted by atomic mass is 9.92. The molecule has 1 heterocycles. The smallest absolute Gasteiger partial charge is 0.269 e. The molecule has 11 nitrogen and oxygen atoms in total. The second-order valence-corrected chi connectivity index (χ2v) is 15.8. The van der Waals surface area contributed by atoms with Gasteiger partial charge in [-0.1, -0.05) is 123 Å². The zero-order valence-electron chi connectivity index (χ0n) is 30.2. The number of anilines is 1. The van der Waals surface area contributed by atoms with Gasteiger partial charge in [-0.3, -0.25) is 14.3 Å². The highest BCUT2D eigenvalue weighted by Gasteiger charge is 2.31. The van der Waals surface area contributed by atoms with Crippen LogP contribution in [0.5, 0.6) is 0 Å². The molecule has 5 aromatic rings. The number of carbonyl (C=O) groups is 2. The van der Waals surface area contributed by atoms with Crippen molar-refractivity contribution in [3.63, 3.8) is 0 Å². The van der Waals surface area contributed by atoms with Crippen LogP contribution in [0.3, 0.4) is 0 Å². The number of fused-ring (bicyclic) bond motifs is 1. The molecular formula is C42H47N5O6S. The minimum atomic E-state index is -4.12. The average Bonchev–Trinajstić information content (AvgIpc) is 3.58. The Morgan fingerprint density at radius 3 is 1.89 bits per heavy atom. The molecule has 0 aliphatic heterocycles. The van der Waals surface area contributed by atoms with Crippen LogP contribution in [0.2, 0.25) is 0 Å². The third kappa shape index (κ3) is 9.36. The lowest BCUT2D eigenvalue weighted by Crippen LogP contribution is -2.48. The Kier molecular flexibility index (Phi) is 12.0. The summed E-state index contributed by atoms with van der Waals surface area (Å²) in [5.41, 5.74) is 2.17. The number of hydrogen-bond acceptors (Lipinski definition) is 7. The SMILES string of the molecule is O=C(Cn1nc(NS(=O)(=O)c2cccc3ccccc23)cc1C(=O)N[C@H]1CCCC[C@@H]1OCc1ccccc1)N[C@H]1CCCC[C@@H]1OCc1ccccc1. The summed E-state index contributed by atoms with van der Waals surface area (Å²) in [6.45, 7) is 0.575. The summed E-state index contributed by atoms with van der Waals surface area (Å²) in [7, 11) is -4.12. The van der Waals surface area contributed by atoms with E-state index in [4.69, 9.17) is 9.47 Å². The van der Waals surface area contributed by atoms with Gasteiger partial charge in [-0.15, -0.1) is 0 Å². The van der Waals surface area contributed by atoms with E-state index in [0.717, 1.165) is 67.9 Å². The molecule has 0 unspecified atom stereocenters. The molecule has 4 aromatic carbocycles. The van der Waals surface area contributed by atoms with Crippen LogP contribution >= 0.6 is 0 Å². The predicted octanol–water partition coefficient (Wildman–Crippen LogP) is 6.74. The maximum Gasteiger partial charge on any atom is 0.269 e. The van der Waals surface area contributed by atoms with Gasteiger partial charge in [0.05, 0.1) is 42.4 Å². The van der Waals surface area contributed by atoms with Crippen LogP contribution in [0, 0.1) is 0 Å². The summed E-state index contributed by atoms with van der Waals surface area (Å²) in [4.78, 5) is 27.8. The number of nitrogens with zero attached hydrogens (tertiary/aromatic N) is 2. The van der Waals surface area contributed by atoms with Gasteiger partial charge in [0.1, 0.15) is 12.2 Å². The Morgan fingerprint density at radius 1 is 0.685 bits per heavy atom. The van der Waals surface area contributed by atoms with Crippen molar-refractivity contribution in [1.29, 1.82) is 0 Å². The molecule has 0 saturated heterocycles. The number of carbonyl (C=O) groups excluding carboxylic acids is 2. The fourth-order valence-corrected chi connectivity index (χ4v) is 8.72. The molecule has 1 aromatic heterocycles. The molecule has 12 heteroatoms. The Hall–Kier alpha value is -5.04. The van der Waals surface area contributed by atoms with Gasteiger partial charge < -0.3 is 20.1 Å². The first-order chi connectivity index (χ1) is 26.3. The molecule has 2 amide bonds. The Labute approximate surface area is 316 Å². The topological polar surface area (TPSA) is 141 Å². The second-order valence-electron chi connectivity index (χ2n) is 14.1. The van der Waals surface area contributed by atoms with Crippen molar-refractivity contribution in [2.75, 3.05) is 4.72 Å². The number of ether oxygens (including phenoxy) is 2. The van der Waals surface area contributed by atoms with E-state index in [2.05, 4.69) is 20.5 Å². The summed E-state index contributed by atoms with van der Waals surface area (Å²) in [5, 5.41) is 12.1. The van der Waals surface area contributed by atoms with E-state index in [-0.39, 0.29) is 53.2 Å². The highest BCUT2D eigenvalue weighted by molar-refractivity contribution is 7.93. The summed E-state index contributed by atoms with van der Waals surface area (Å²) < 4.78 is 44.0. The summed E-state index contributed by atoms with van der Waals surface area (Å²) in [6.07, 6.45) is 6.63. The molecule has 2 saturated carbocycles. The molecule has 2 fully saturated rings. The minimum Gasteiger partial charge on any atom is -0.371 e. The number of nitrogens with one attached hydrogen (secondary N) is 3. The number of amides is 2. The molecule has 0 spiro atoms. The average molecular weight is 750 g/mol. The van der Waals surface area contributed by atoms with Gasteiger partial charge in [0, 0.05) is 11.5 Å². The van der Waals surface area contributed by atoms with Crippen molar-refractivity contribution in [1.82, 2.24) is 20.4 Å². The molecule has 0 bridgehead atoms. The lowest BCUT2D eigenvalue weighted by molar-refractivity contribution is -0.124. The Bertz CT molecular complexity index is 2140.